The lowest BCUT2D eigenvalue weighted by molar-refractivity contribution is -0.118. The fraction of sp³-hybridized carbons (Fsp3) is 0.208. The van der Waals surface area contributed by atoms with Crippen LogP contribution in [0, 0.1) is 0 Å². The fourth-order valence-corrected chi connectivity index (χ4v) is 3.97. The number of ether oxygens (including phenoxy) is 1. The summed E-state index contributed by atoms with van der Waals surface area (Å²) >= 11 is 1.71. The number of carbonyl (C=O) groups is 1. The lowest BCUT2D eigenvalue weighted by atomic mass is 10.1. The predicted octanol–water partition coefficient (Wildman–Crippen LogP) is 5.18. The van der Waals surface area contributed by atoms with E-state index >= 15 is 0 Å². The average molecular weight is 443 g/mol. The molecule has 0 aliphatic carbocycles. The maximum absolute atomic E-state index is 12.7. The Bertz CT molecular complexity index is 923. The van der Waals surface area contributed by atoms with Gasteiger partial charge in [-0.1, -0.05) is 60.7 Å². The van der Waals surface area contributed by atoms with Gasteiger partial charge >= 0.3 is 0 Å². The van der Waals surface area contributed by atoms with E-state index in [1.807, 2.05) is 66.7 Å². The molecule has 0 spiro atoms. The summed E-state index contributed by atoms with van der Waals surface area (Å²) in [5.41, 5.74) is 3.10. The molecule has 0 aliphatic rings. The molecule has 30 heavy (non-hydrogen) atoms. The van der Waals surface area contributed by atoms with Crippen molar-refractivity contribution in [3.63, 3.8) is 0 Å². The number of hydrogen-bond acceptors (Lipinski definition) is 4. The predicted molar refractivity (Wildman–Crippen MR) is 128 cm³/mol. The van der Waals surface area contributed by atoms with E-state index in [1.165, 1.54) is 5.56 Å². The molecule has 3 aromatic carbocycles. The quantitative estimate of drug-likeness (QED) is 0.448. The van der Waals surface area contributed by atoms with Gasteiger partial charge in [0.1, 0.15) is 5.75 Å². The van der Waals surface area contributed by atoms with Crippen LogP contribution in [0.1, 0.15) is 11.1 Å². The van der Waals surface area contributed by atoms with E-state index in [4.69, 9.17) is 4.74 Å². The first-order chi connectivity index (χ1) is 14.2. The van der Waals surface area contributed by atoms with Crippen LogP contribution in [0.25, 0.3) is 0 Å². The van der Waals surface area contributed by atoms with Gasteiger partial charge in [-0.3, -0.25) is 4.79 Å². The van der Waals surface area contributed by atoms with Crippen LogP contribution in [0.5, 0.6) is 5.75 Å². The fourth-order valence-electron chi connectivity index (χ4n) is 3.00. The summed E-state index contributed by atoms with van der Waals surface area (Å²) in [6, 6.07) is 25.8. The van der Waals surface area contributed by atoms with Gasteiger partial charge in [-0.25, -0.2) is 0 Å². The van der Waals surface area contributed by atoms with Gasteiger partial charge < -0.3 is 15.4 Å². The third-order valence-corrected chi connectivity index (χ3v) is 5.74. The van der Waals surface area contributed by atoms with E-state index < -0.39 is 0 Å². The van der Waals surface area contributed by atoms with Crippen LogP contribution in [-0.2, 0) is 17.0 Å². The molecule has 1 unspecified atom stereocenters. The summed E-state index contributed by atoms with van der Waals surface area (Å²) in [6.07, 6.45) is 0.630. The highest BCUT2D eigenvalue weighted by Crippen LogP contribution is 2.33. The van der Waals surface area contributed by atoms with Crippen LogP contribution < -0.4 is 15.4 Å². The van der Waals surface area contributed by atoms with Crippen molar-refractivity contribution in [2.45, 2.75) is 23.1 Å². The van der Waals surface area contributed by atoms with E-state index in [2.05, 4.69) is 22.8 Å². The number of hydrogen-bond donors (Lipinski definition) is 2. The first-order valence-corrected chi connectivity index (χ1v) is 10.5. The molecule has 0 radical (unpaired) electrons. The minimum absolute atomic E-state index is 0. The number of rotatable bonds is 9. The highest BCUT2D eigenvalue weighted by atomic mass is 35.5. The number of benzene rings is 3. The van der Waals surface area contributed by atoms with Crippen LogP contribution in [0.3, 0.4) is 0 Å². The van der Waals surface area contributed by atoms with Gasteiger partial charge in [0.15, 0.2) is 0 Å². The molecule has 6 heteroatoms. The van der Waals surface area contributed by atoms with Crippen LogP contribution >= 0.6 is 24.2 Å². The largest absolute Gasteiger partial charge is 0.496 e. The maximum atomic E-state index is 12.7. The van der Waals surface area contributed by atoms with Gasteiger partial charge in [0.2, 0.25) is 5.91 Å². The standard InChI is InChI=1S/C24H26N2O2S.ClH/c1-25-21(15-18-9-5-3-6-10-18)24(27)26-20-13-14-23(22(16-20)28-2)29-17-19-11-7-4-8-12-19;/h3-14,16,21,25H,15,17H2,1-2H3,(H,26,27);1H. The average Bonchev–Trinajstić information content (AvgIpc) is 2.77. The Morgan fingerprint density at radius 3 is 2.20 bits per heavy atom. The van der Waals surface area contributed by atoms with Crippen molar-refractivity contribution >= 4 is 35.8 Å². The van der Waals surface area contributed by atoms with E-state index in [9.17, 15) is 4.79 Å². The lowest BCUT2D eigenvalue weighted by Crippen LogP contribution is -2.40. The van der Waals surface area contributed by atoms with E-state index in [0.29, 0.717) is 6.42 Å². The van der Waals surface area contributed by atoms with Crippen molar-refractivity contribution in [1.29, 1.82) is 0 Å². The Balaban J connectivity index is 0.00000320. The molecular weight excluding hydrogens is 416 g/mol. The molecule has 3 rings (SSSR count). The number of amides is 1. The molecule has 0 bridgehead atoms. The SMILES string of the molecule is CNC(Cc1ccccc1)C(=O)Nc1ccc(SCc2ccccc2)c(OC)c1.Cl. The highest BCUT2D eigenvalue weighted by molar-refractivity contribution is 7.98. The van der Waals surface area contributed by atoms with Crippen LogP contribution in [0.15, 0.2) is 83.8 Å². The number of likely N-dealkylation sites (N-methyl/N-ethyl adjacent to an activating group) is 1. The molecule has 2 N–H and O–H groups in total. The first kappa shape index (κ1) is 23.8. The monoisotopic (exact) mass is 442 g/mol. The zero-order chi connectivity index (χ0) is 20.5. The molecule has 1 amide bonds. The van der Waals surface area contributed by atoms with Crippen molar-refractivity contribution in [2.75, 3.05) is 19.5 Å². The van der Waals surface area contributed by atoms with Gasteiger partial charge in [0, 0.05) is 22.4 Å². The Labute approximate surface area is 188 Å². The molecule has 0 aliphatic heterocycles. The summed E-state index contributed by atoms with van der Waals surface area (Å²) in [5.74, 6) is 1.55. The number of carbonyl (C=O) groups excluding carboxylic acids is 1. The van der Waals surface area contributed by atoms with Gasteiger partial charge in [-0.05, 0) is 36.7 Å². The van der Waals surface area contributed by atoms with Gasteiger partial charge in [0.25, 0.3) is 0 Å². The molecular formula is C24H27ClN2O2S. The third-order valence-electron chi connectivity index (χ3n) is 4.62. The Morgan fingerprint density at radius 2 is 1.60 bits per heavy atom. The van der Waals surface area contributed by atoms with Crippen molar-refractivity contribution in [3.8, 4) is 5.75 Å². The van der Waals surface area contributed by atoms with Crippen molar-refractivity contribution < 1.29 is 9.53 Å². The minimum atomic E-state index is -0.310. The van der Waals surface area contributed by atoms with Gasteiger partial charge in [0.05, 0.1) is 13.2 Å². The molecule has 0 aromatic heterocycles. The molecule has 0 fully saturated rings. The normalized spacial score (nSPS) is 11.3. The topological polar surface area (TPSA) is 50.4 Å². The minimum Gasteiger partial charge on any atom is -0.496 e. The summed E-state index contributed by atoms with van der Waals surface area (Å²) in [7, 11) is 3.45. The van der Waals surface area contributed by atoms with Crippen LogP contribution in [0.4, 0.5) is 5.69 Å². The molecule has 3 aromatic rings. The third kappa shape index (κ3) is 6.80. The van der Waals surface area contributed by atoms with Crippen molar-refractivity contribution in [1.82, 2.24) is 5.32 Å². The molecule has 4 nitrogen and oxygen atoms in total. The van der Waals surface area contributed by atoms with Gasteiger partial charge in [-0.2, -0.15) is 0 Å². The summed E-state index contributed by atoms with van der Waals surface area (Å²) in [6.45, 7) is 0. The first-order valence-electron chi connectivity index (χ1n) is 9.56. The summed E-state index contributed by atoms with van der Waals surface area (Å²) in [4.78, 5) is 13.8. The molecule has 0 heterocycles. The zero-order valence-electron chi connectivity index (χ0n) is 17.1. The Morgan fingerprint density at radius 1 is 0.967 bits per heavy atom. The molecule has 1 atom stereocenters. The number of nitrogens with one attached hydrogen (secondary N) is 2. The number of halogens is 1. The smallest absolute Gasteiger partial charge is 0.241 e. The van der Waals surface area contributed by atoms with E-state index in [0.717, 1.165) is 27.6 Å². The highest BCUT2D eigenvalue weighted by Gasteiger charge is 2.17. The van der Waals surface area contributed by atoms with Crippen molar-refractivity contribution in [3.05, 3.63) is 90.0 Å². The second-order valence-corrected chi connectivity index (χ2v) is 7.68. The van der Waals surface area contributed by atoms with Gasteiger partial charge in [-0.15, -0.1) is 24.2 Å². The lowest BCUT2D eigenvalue weighted by Gasteiger charge is -2.17. The molecule has 0 saturated heterocycles. The van der Waals surface area contributed by atoms with Crippen LogP contribution in [-0.4, -0.2) is 26.1 Å². The molecule has 0 saturated carbocycles. The second kappa shape index (κ2) is 12.3. The maximum Gasteiger partial charge on any atom is 0.241 e. The summed E-state index contributed by atoms with van der Waals surface area (Å²) in [5, 5.41) is 6.10. The van der Waals surface area contributed by atoms with E-state index in [-0.39, 0.29) is 24.4 Å². The second-order valence-electron chi connectivity index (χ2n) is 6.66. The zero-order valence-corrected chi connectivity index (χ0v) is 18.8. The molecule has 158 valence electrons. The number of methoxy groups -OCH3 is 1. The number of anilines is 1. The van der Waals surface area contributed by atoms with Crippen LogP contribution in [0.2, 0.25) is 0 Å². The number of thioether (sulfide) groups is 1. The summed E-state index contributed by atoms with van der Waals surface area (Å²) < 4.78 is 5.55. The van der Waals surface area contributed by atoms with Crippen molar-refractivity contribution in [2.24, 2.45) is 0 Å². The Hall–Kier alpha value is -2.47. The van der Waals surface area contributed by atoms with E-state index in [1.54, 1.807) is 25.9 Å². The Kier molecular flexibility index (Phi) is 9.74.